The Hall–Kier alpha value is -7.59. The van der Waals surface area contributed by atoms with Gasteiger partial charge >= 0.3 is 6.29 Å². The highest BCUT2D eigenvalue weighted by atomic mass is 19.3. The molecule has 0 saturated carbocycles. The minimum Gasteiger partial charge on any atom is -0.395 e. The van der Waals surface area contributed by atoms with E-state index >= 15 is 0 Å². The molecule has 0 unspecified atom stereocenters. The number of aryl methyl sites for hydroxylation is 1. The molecule has 4 aromatic carbocycles. The van der Waals surface area contributed by atoms with Crippen LogP contribution in [0, 0.1) is 0 Å². The summed E-state index contributed by atoms with van der Waals surface area (Å²) in [6, 6.07) is 30.1. The minimum atomic E-state index is -3.70. The van der Waals surface area contributed by atoms with Crippen LogP contribution in [0.25, 0.3) is 10.9 Å². The van der Waals surface area contributed by atoms with Crippen molar-refractivity contribution >= 4 is 57.1 Å². The molecule has 7 aromatic rings. The zero-order chi connectivity index (χ0) is 45.4. The maximum absolute atomic E-state index is 13.3. The molecule has 0 spiro atoms. The summed E-state index contributed by atoms with van der Waals surface area (Å²) in [4.78, 5) is 46.6. The van der Waals surface area contributed by atoms with E-state index in [1.165, 1.54) is 40.2 Å². The third kappa shape index (κ3) is 9.41. The summed E-state index contributed by atoms with van der Waals surface area (Å²) >= 11 is 0. The number of nitrogens with zero attached hydrogens (tertiary/aromatic N) is 3. The van der Waals surface area contributed by atoms with Gasteiger partial charge in [0.1, 0.15) is 11.6 Å². The Balaban J connectivity index is 0.000000175. The monoisotopic (exact) mass is 867 g/mol. The molecule has 64 heavy (non-hydrogen) atoms. The summed E-state index contributed by atoms with van der Waals surface area (Å²) in [6.07, 6.45) is -0.538. The molecule has 16 heteroatoms. The number of aromatic nitrogens is 4. The summed E-state index contributed by atoms with van der Waals surface area (Å²) < 4.78 is 36.9. The van der Waals surface area contributed by atoms with Gasteiger partial charge in [-0.2, -0.15) is 0 Å². The van der Waals surface area contributed by atoms with Crippen LogP contribution in [-0.4, -0.2) is 44.4 Å². The molecule has 6 N–H and O–H groups in total. The molecule has 14 nitrogen and oxygen atoms in total. The van der Waals surface area contributed by atoms with Gasteiger partial charge in [0, 0.05) is 66.8 Å². The topological polar surface area (TPSA) is 176 Å². The largest absolute Gasteiger partial charge is 0.586 e. The van der Waals surface area contributed by atoms with Crippen LogP contribution in [0.2, 0.25) is 0 Å². The summed E-state index contributed by atoms with van der Waals surface area (Å²) in [7, 11) is 1.67. The van der Waals surface area contributed by atoms with E-state index < -0.39 is 6.29 Å². The quantitative estimate of drug-likeness (QED) is 0.0863. The van der Waals surface area contributed by atoms with Crippen LogP contribution in [0.15, 0.2) is 120 Å². The van der Waals surface area contributed by atoms with Gasteiger partial charge in [-0.05, 0) is 101 Å². The Morgan fingerprint density at radius 3 is 1.97 bits per heavy atom. The van der Waals surface area contributed by atoms with Crippen LogP contribution >= 0.6 is 0 Å². The number of hydrogen-bond acceptors (Lipinski definition) is 10. The third-order valence-corrected chi connectivity index (χ3v) is 10.9. The fourth-order valence-corrected chi connectivity index (χ4v) is 7.52. The number of alkyl halides is 2. The highest BCUT2D eigenvalue weighted by Crippen LogP contribution is 2.43. The molecular formula is C48H47F2N9O5. The molecule has 2 amide bonds. The van der Waals surface area contributed by atoms with Gasteiger partial charge in [0.05, 0.1) is 22.0 Å². The molecule has 0 fully saturated rings. The lowest BCUT2D eigenvalue weighted by Crippen LogP contribution is -2.38. The van der Waals surface area contributed by atoms with E-state index in [1.807, 2.05) is 42.5 Å². The van der Waals surface area contributed by atoms with Crippen molar-refractivity contribution in [3.05, 3.63) is 154 Å². The molecule has 0 bridgehead atoms. The van der Waals surface area contributed by atoms with E-state index in [9.17, 15) is 23.2 Å². The molecule has 0 radical (unpaired) electrons. The van der Waals surface area contributed by atoms with Crippen molar-refractivity contribution in [3.63, 3.8) is 0 Å². The average Bonchev–Trinajstić information content (AvgIpc) is 3.72. The molecule has 2 aliphatic rings. The van der Waals surface area contributed by atoms with Gasteiger partial charge in [0.25, 0.3) is 17.4 Å². The van der Waals surface area contributed by atoms with Gasteiger partial charge in [-0.25, -0.2) is 9.97 Å². The average molecular weight is 868 g/mol. The fraction of sp³-hybridized carbons (Fsp3) is 0.229. The van der Waals surface area contributed by atoms with Gasteiger partial charge in [-0.15, -0.1) is 8.78 Å². The predicted octanol–water partition coefficient (Wildman–Crippen LogP) is 9.33. The molecular weight excluding hydrogens is 821 g/mol. The zero-order valence-corrected chi connectivity index (χ0v) is 36.0. The Labute approximate surface area is 367 Å². The van der Waals surface area contributed by atoms with Crippen molar-refractivity contribution in [2.24, 2.45) is 7.05 Å². The number of rotatable bonds is 8. The second-order valence-electron chi connectivity index (χ2n) is 17.2. The molecule has 328 valence electrons. The smallest absolute Gasteiger partial charge is 0.395 e. The van der Waals surface area contributed by atoms with Crippen LogP contribution in [-0.2, 0) is 24.4 Å². The van der Waals surface area contributed by atoms with E-state index in [-0.39, 0.29) is 45.5 Å². The van der Waals surface area contributed by atoms with Crippen LogP contribution in [0.5, 0.6) is 11.5 Å². The first kappa shape index (κ1) is 43.1. The summed E-state index contributed by atoms with van der Waals surface area (Å²) in [5.41, 5.74) is 7.55. The van der Waals surface area contributed by atoms with Crippen LogP contribution in [0.1, 0.15) is 72.0 Å². The molecule has 0 saturated heterocycles. The van der Waals surface area contributed by atoms with Crippen molar-refractivity contribution in [3.8, 4) is 11.5 Å². The van der Waals surface area contributed by atoms with Crippen LogP contribution in [0.3, 0.4) is 0 Å². The van der Waals surface area contributed by atoms with Gasteiger partial charge < -0.3 is 36.1 Å². The normalized spacial score (nSPS) is 14.4. The van der Waals surface area contributed by atoms with E-state index in [1.54, 1.807) is 49.6 Å². The maximum Gasteiger partial charge on any atom is 0.586 e. The zero-order valence-electron chi connectivity index (χ0n) is 36.0. The molecule has 9 rings (SSSR count). The predicted molar refractivity (Wildman–Crippen MR) is 243 cm³/mol. The first-order valence-corrected chi connectivity index (χ1v) is 20.5. The van der Waals surface area contributed by atoms with Crippen LogP contribution in [0.4, 0.5) is 43.2 Å². The Morgan fingerprint density at radius 1 is 0.734 bits per heavy atom. The molecule has 5 heterocycles. The Bertz CT molecular complexity index is 2960. The van der Waals surface area contributed by atoms with E-state index in [2.05, 4.69) is 91.8 Å². The van der Waals surface area contributed by atoms with Crippen molar-refractivity contribution in [1.82, 2.24) is 25.1 Å². The third-order valence-electron chi connectivity index (χ3n) is 10.9. The van der Waals surface area contributed by atoms with Crippen molar-refractivity contribution in [2.75, 3.05) is 27.8 Å². The SMILES string of the molecule is CC1(C)CNCc2cc(NC(=O)c3cccnc3Nc3ccc4c(c3)OC(F)(F)O4)ccc21.Cn1[nH]c2cc(Nc3ncccc3C(=O)Nc3ccc(C(C)(C)C)cc3)ccc2c1=O. The number of fused-ring (bicyclic) bond motifs is 3. The number of carbonyl (C=O) groups is 2. The number of carbonyl (C=O) groups excluding carboxylic acids is 2. The minimum absolute atomic E-state index is 0.0190. The number of anilines is 6. The highest BCUT2D eigenvalue weighted by molar-refractivity contribution is 6.08. The van der Waals surface area contributed by atoms with E-state index in [4.69, 9.17) is 0 Å². The second kappa shape index (κ2) is 16.9. The number of ether oxygens (including phenoxy) is 2. The number of hydrogen-bond donors (Lipinski definition) is 6. The Morgan fingerprint density at radius 2 is 1.31 bits per heavy atom. The second-order valence-corrected chi connectivity index (χ2v) is 17.2. The summed E-state index contributed by atoms with van der Waals surface area (Å²) in [5, 5.41) is 19.0. The van der Waals surface area contributed by atoms with Gasteiger partial charge in [-0.3, -0.25) is 24.2 Å². The first-order valence-electron chi connectivity index (χ1n) is 20.5. The number of amides is 2. The van der Waals surface area contributed by atoms with E-state index in [0.29, 0.717) is 39.2 Å². The van der Waals surface area contributed by atoms with Gasteiger partial charge in [0.2, 0.25) is 0 Å². The highest BCUT2D eigenvalue weighted by Gasteiger charge is 2.43. The lowest BCUT2D eigenvalue weighted by atomic mass is 9.79. The molecule has 0 atom stereocenters. The maximum atomic E-state index is 13.3. The first-order chi connectivity index (χ1) is 30.4. The number of aromatic amines is 1. The number of nitrogens with one attached hydrogen (secondary N) is 6. The summed E-state index contributed by atoms with van der Waals surface area (Å²) in [5.74, 6) is -0.0494. The lowest BCUT2D eigenvalue weighted by Gasteiger charge is -2.33. The number of halogens is 2. The van der Waals surface area contributed by atoms with Gasteiger partial charge in [-0.1, -0.05) is 52.8 Å². The molecule has 3 aromatic heterocycles. The lowest BCUT2D eigenvalue weighted by molar-refractivity contribution is -0.286. The standard InChI is InChI=1S/C24H22F2N4O3.C24H25N5O2/c1-23(2)13-27-12-14-10-15(5-7-18(14)23)30-22(31)17-4-3-9-28-21(17)29-16-6-8-19-20(11-16)33-24(25,26)32-19;1-24(2,3)15-7-9-16(10-8-15)27-22(30)19-6-5-13-25-21(19)26-17-11-12-18-20(14-17)28-29(4)23(18)31/h3-11,27H,12-13H2,1-2H3,(H,28,29)(H,30,31);5-14,28H,1-4H3,(H,25,26)(H,27,30). The van der Waals surface area contributed by atoms with Crippen molar-refractivity contribution in [2.45, 2.75) is 58.3 Å². The van der Waals surface area contributed by atoms with Crippen molar-refractivity contribution < 1.29 is 27.8 Å². The number of H-pyrrole nitrogens is 1. The molecule has 0 aliphatic carbocycles. The fourth-order valence-electron chi connectivity index (χ4n) is 7.52. The van der Waals surface area contributed by atoms with Crippen molar-refractivity contribution in [1.29, 1.82) is 0 Å². The summed E-state index contributed by atoms with van der Waals surface area (Å²) in [6.45, 7) is 12.4. The molecule has 2 aliphatic heterocycles. The van der Waals surface area contributed by atoms with Gasteiger partial charge in [0.15, 0.2) is 11.5 Å². The van der Waals surface area contributed by atoms with E-state index in [0.717, 1.165) is 30.0 Å². The Kier molecular flexibility index (Phi) is 11.4. The number of pyridine rings is 2. The van der Waals surface area contributed by atoms with Crippen LogP contribution < -0.4 is 41.6 Å². The number of benzene rings is 4.